The van der Waals surface area contributed by atoms with Gasteiger partial charge in [0, 0.05) is 29.7 Å². The van der Waals surface area contributed by atoms with Gasteiger partial charge in [-0.3, -0.25) is 14.6 Å². The van der Waals surface area contributed by atoms with Crippen LogP contribution in [0, 0.1) is 0 Å². The Morgan fingerprint density at radius 3 is 2.77 bits per heavy atom. The van der Waals surface area contributed by atoms with Crippen LogP contribution in [-0.2, 0) is 4.79 Å². The van der Waals surface area contributed by atoms with Gasteiger partial charge in [-0.1, -0.05) is 17.7 Å². The maximum atomic E-state index is 12.3. The quantitative estimate of drug-likeness (QED) is 0.944. The highest BCUT2D eigenvalue weighted by Gasteiger charge is 2.19. The molecule has 114 valence electrons. The van der Waals surface area contributed by atoms with Crippen LogP contribution in [0.2, 0.25) is 5.02 Å². The summed E-state index contributed by atoms with van der Waals surface area (Å²) in [7, 11) is 0. The second kappa shape index (κ2) is 6.32. The first-order valence-electron chi connectivity index (χ1n) is 7.25. The third-order valence-corrected chi connectivity index (χ3v) is 4.04. The molecule has 0 saturated carbocycles. The number of halogens is 1. The van der Waals surface area contributed by atoms with Crippen molar-refractivity contribution in [3.8, 4) is 0 Å². The van der Waals surface area contributed by atoms with Crippen LogP contribution in [0.25, 0.3) is 10.9 Å². The predicted molar refractivity (Wildman–Crippen MR) is 84.9 cm³/mol. The molecule has 0 bridgehead atoms. The lowest BCUT2D eigenvalue weighted by Crippen LogP contribution is -2.38. The summed E-state index contributed by atoms with van der Waals surface area (Å²) in [5, 5.41) is 3.98. The number of pyridine rings is 1. The van der Waals surface area contributed by atoms with E-state index in [-0.39, 0.29) is 18.4 Å². The molecule has 5 nitrogen and oxygen atoms in total. The van der Waals surface area contributed by atoms with E-state index in [1.54, 1.807) is 35.4 Å². The first-order chi connectivity index (χ1) is 10.6. The SMILES string of the molecule is O=C(NCC(=O)N1CCCC1)c1ccnc2cc(Cl)ccc12. The van der Waals surface area contributed by atoms with Crippen LogP contribution < -0.4 is 5.32 Å². The van der Waals surface area contributed by atoms with E-state index in [9.17, 15) is 9.59 Å². The van der Waals surface area contributed by atoms with Crippen LogP contribution in [-0.4, -0.2) is 41.3 Å². The lowest BCUT2D eigenvalue weighted by molar-refractivity contribution is -0.129. The second-order valence-corrected chi connectivity index (χ2v) is 5.73. The van der Waals surface area contributed by atoms with Gasteiger partial charge in [0.05, 0.1) is 17.6 Å². The number of amides is 2. The number of nitrogens with zero attached hydrogens (tertiary/aromatic N) is 2. The fourth-order valence-electron chi connectivity index (χ4n) is 2.65. The molecule has 0 aliphatic carbocycles. The minimum absolute atomic E-state index is 0.0240. The van der Waals surface area contributed by atoms with Crippen molar-refractivity contribution in [2.45, 2.75) is 12.8 Å². The van der Waals surface area contributed by atoms with Crippen molar-refractivity contribution in [1.29, 1.82) is 0 Å². The predicted octanol–water partition coefficient (Wildman–Crippen LogP) is 2.24. The van der Waals surface area contributed by atoms with Gasteiger partial charge in [-0.25, -0.2) is 0 Å². The van der Waals surface area contributed by atoms with Gasteiger partial charge < -0.3 is 10.2 Å². The lowest BCUT2D eigenvalue weighted by Gasteiger charge is -2.15. The van der Waals surface area contributed by atoms with Gasteiger partial charge in [-0.15, -0.1) is 0 Å². The molecule has 0 spiro atoms. The molecule has 1 saturated heterocycles. The average molecular weight is 318 g/mol. The molecular formula is C16H16ClN3O2. The molecule has 22 heavy (non-hydrogen) atoms. The maximum Gasteiger partial charge on any atom is 0.252 e. The van der Waals surface area contributed by atoms with Crippen molar-refractivity contribution in [2.24, 2.45) is 0 Å². The third-order valence-electron chi connectivity index (χ3n) is 3.81. The highest BCUT2D eigenvalue weighted by molar-refractivity contribution is 6.31. The van der Waals surface area contributed by atoms with Crippen LogP contribution in [0.1, 0.15) is 23.2 Å². The van der Waals surface area contributed by atoms with Gasteiger partial charge in [0.15, 0.2) is 0 Å². The van der Waals surface area contributed by atoms with E-state index in [0.717, 1.165) is 31.3 Å². The molecule has 2 heterocycles. The van der Waals surface area contributed by atoms with E-state index < -0.39 is 0 Å². The standard InChI is InChI=1S/C16H16ClN3O2/c17-11-3-4-12-13(5-6-18-14(12)9-11)16(22)19-10-15(21)20-7-1-2-8-20/h3-6,9H,1-2,7-8,10H2,(H,19,22). The van der Waals surface area contributed by atoms with E-state index in [0.29, 0.717) is 16.1 Å². The Balaban J connectivity index is 1.73. The van der Waals surface area contributed by atoms with Crippen molar-refractivity contribution in [1.82, 2.24) is 15.2 Å². The van der Waals surface area contributed by atoms with E-state index in [1.807, 2.05) is 0 Å². The number of aromatic nitrogens is 1. The summed E-state index contributed by atoms with van der Waals surface area (Å²) in [6.07, 6.45) is 3.64. The molecular weight excluding hydrogens is 302 g/mol. The largest absolute Gasteiger partial charge is 0.343 e. The first kappa shape index (κ1) is 14.8. The smallest absolute Gasteiger partial charge is 0.252 e. The molecule has 1 aromatic carbocycles. The fourth-order valence-corrected chi connectivity index (χ4v) is 2.82. The third kappa shape index (κ3) is 3.04. The van der Waals surface area contributed by atoms with E-state index in [4.69, 9.17) is 11.6 Å². The summed E-state index contributed by atoms with van der Waals surface area (Å²) in [5.41, 5.74) is 1.15. The molecule has 1 N–H and O–H groups in total. The average Bonchev–Trinajstić information content (AvgIpc) is 3.05. The highest BCUT2D eigenvalue weighted by atomic mass is 35.5. The Morgan fingerprint density at radius 2 is 2.00 bits per heavy atom. The number of fused-ring (bicyclic) bond motifs is 1. The zero-order valence-corrected chi connectivity index (χ0v) is 12.8. The van der Waals surface area contributed by atoms with E-state index in [2.05, 4.69) is 10.3 Å². The summed E-state index contributed by atoms with van der Waals surface area (Å²) in [4.78, 5) is 30.3. The molecule has 6 heteroatoms. The van der Waals surface area contributed by atoms with E-state index >= 15 is 0 Å². The monoisotopic (exact) mass is 317 g/mol. The topological polar surface area (TPSA) is 62.3 Å². The van der Waals surface area contributed by atoms with Crippen LogP contribution in [0.15, 0.2) is 30.5 Å². The van der Waals surface area contributed by atoms with Gasteiger partial charge in [-0.05, 0) is 31.0 Å². The number of hydrogen-bond acceptors (Lipinski definition) is 3. The molecule has 0 radical (unpaired) electrons. The van der Waals surface area contributed by atoms with Gasteiger partial charge in [0.25, 0.3) is 5.91 Å². The Hall–Kier alpha value is -2.14. The molecule has 0 unspecified atom stereocenters. The number of rotatable bonds is 3. The zero-order valence-electron chi connectivity index (χ0n) is 12.0. The Morgan fingerprint density at radius 1 is 1.23 bits per heavy atom. The Kier molecular flexibility index (Phi) is 4.24. The number of hydrogen-bond donors (Lipinski definition) is 1. The van der Waals surface area contributed by atoms with Crippen molar-refractivity contribution >= 4 is 34.3 Å². The molecule has 1 fully saturated rings. The number of nitrogens with one attached hydrogen (secondary N) is 1. The zero-order chi connectivity index (χ0) is 15.5. The minimum atomic E-state index is -0.276. The van der Waals surface area contributed by atoms with Gasteiger partial charge >= 0.3 is 0 Å². The number of likely N-dealkylation sites (tertiary alicyclic amines) is 1. The Bertz CT molecular complexity index is 726. The number of benzene rings is 1. The van der Waals surface area contributed by atoms with Gasteiger partial charge in [0.1, 0.15) is 0 Å². The van der Waals surface area contributed by atoms with Crippen LogP contribution in [0.3, 0.4) is 0 Å². The van der Waals surface area contributed by atoms with Crippen LogP contribution in [0.5, 0.6) is 0 Å². The van der Waals surface area contributed by atoms with Gasteiger partial charge in [-0.2, -0.15) is 0 Å². The molecule has 3 rings (SSSR count). The normalized spacial score (nSPS) is 14.3. The summed E-state index contributed by atoms with van der Waals surface area (Å²) in [6, 6.07) is 6.84. The first-order valence-corrected chi connectivity index (χ1v) is 7.63. The van der Waals surface area contributed by atoms with E-state index in [1.165, 1.54) is 0 Å². The summed E-state index contributed by atoms with van der Waals surface area (Å²) in [5.74, 6) is -0.311. The van der Waals surface area contributed by atoms with Gasteiger partial charge in [0.2, 0.25) is 5.91 Å². The van der Waals surface area contributed by atoms with Crippen molar-refractivity contribution in [3.05, 3.63) is 41.0 Å². The fraction of sp³-hybridized carbons (Fsp3) is 0.312. The van der Waals surface area contributed by atoms with Crippen molar-refractivity contribution in [2.75, 3.05) is 19.6 Å². The maximum absolute atomic E-state index is 12.3. The molecule has 2 amide bonds. The van der Waals surface area contributed by atoms with Crippen molar-refractivity contribution in [3.63, 3.8) is 0 Å². The molecule has 1 aliphatic heterocycles. The molecule has 0 atom stereocenters. The number of carbonyl (C=O) groups excluding carboxylic acids is 2. The summed E-state index contributed by atoms with van der Waals surface area (Å²) in [6.45, 7) is 1.59. The summed E-state index contributed by atoms with van der Waals surface area (Å²) >= 11 is 5.94. The molecule has 1 aliphatic rings. The molecule has 2 aromatic rings. The Labute approximate surface area is 133 Å². The highest BCUT2D eigenvalue weighted by Crippen LogP contribution is 2.20. The summed E-state index contributed by atoms with van der Waals surface area (Å²) < 4.78 is 0. The van der Waals surface area contributed by atoms with Crippen LogP contribution >= 0.6 is 11.6 Å². The van der Waals surface area contributed by atoms with Crippen LogP contribution in [0.4, 0.5) is 0 Å². The number of carbonyl (C=O) groups is 2. The molecule has 1 aromatic heterocycles. The minimum Gasteiger partial charge on any atom is -0.343 e. The van der Waals surface area contributed by atoms with Crippen molar-refractivity contribution < 1.29 is 9.59 Å². The second-order valence-electron chi connectivity index (χ2n) is 5.29. The lowest BCUT2D eigenvalue weighted by atomic mass is 10.1.